The molecule has 1 heterocycles. The van der Waals surface area contributed by atoms with Gasteiger partial charge in [0, 0.05) is 26.6 Å². The molecule has 0 saturated heterocycles. The maximum atomic E-state index is 11.7. The molecule has 6 nitrogen and oxygen atoms in total. The first-order valence-corrected chi connectivity index (χ1v) is 6.17. The number of nitrogens with one attached hydrogen (secondary N) is 2. The fourth-order valence-electron chi connectivity index (χ4n) is 1.30. The summed E-state index contributed by atoms with van der Waals surface area (Å²) >= 11 is 5.68. The molecule has 19 heavy (non-hydrogen) atoms. The van der Waals surface area contributed by atoms with Crippen LogP contribution in [0.3, 0.4) is 0 Å². The first-order chi connectivity index (χ1) is 9.13. The van der Waals surface area contributed by atoms with Crippen molar-refractivity contribution >= 4 is 23.4 Å². The molecule has 1 aromatic heterocycles. The fourth-order valence-corrected chi connectivity index (χ4v) is 1.46. The molecular weight excluding hydrogens is 270 g/mol. The van der Waals surface area contributed by atoms with Gasteiger partial charge in [-0.2, -0.15) is 0 Å². The molecule has 104 valence electrons. The highest BCUT2D eigenvalue weighted by molar-refractivity contribution is 6.29. The average Bonchev–Trinajstić information content (AvgIpc) is 2.39. The minimum absolute atomic E-state index is 0.142. The summed E-state index contributed by atoms with van der Waals surface area (Å²) in [6.45, 7) is 1.16. The number of ether oxygens (including phenoxy) is 1. The summed E-state index contributed by atoms with van der Waals surface area (Å²) in [4.78, 5) is 26.9. The van der Waals surface area contributed by atoms with Gasteiger partial charge < -0.3 is 15.4 Å². The van der Waals surface area contributed by atoms with E-state index in [1.54, 1.807) is 25.3 Å². The molecule has 7 heteroatoms. The van der Waals surface area contributed by atoms with Crippen molar-refractivity contribution in [1.29, 1.82) is 0 Å². The van der Waals surface area contributed by atoms with Crippen molar-refractivity contribution in [2.45, 2.75) is 6.42 Å². The number of halogens is 1. The van der Waals surface area contributed by atoms with Gasteiger partial charge >= 0.3 is 0 Å². The van der Waals surface area contributed by atoms with Crippen LogP contribution in [0.15, 0.2) is 18.2 Å². The van der Waals surface area contributed by atoms with Crippen molar-refractivity contribution in [3.8, 4) is 0 Å². The summed E-state index contributed by atoms with van der Waals surface area (Å²) in [6, 6.07) is 4.78. The molecule has 0 spiro atoms. The van der Waals surface area contributed by atoms with Crippen molar-refractivity contribution in [2.75, 3.05) is 26.8 Å². The lowest BCUT2D eigenvalue weighted by Gasteiger charge is -2.06. The second kappa shape index (κ2) is 8.44. The first kappa shape index (κ1) is 15.4. The Labute approximate surface area is 116 Å². The Kier molecular flexibility index (Phi) is 6.84. The number of hydrogen-bond donors (Lipinski definition) is 2. The standard InChI is InChI=1S/C12H16ClN3O3/c1-19-8-7-14-11(17)5-6-15-12(18)9-3-2-4-10(13)16-9/h2-4H,5-8H2,1H3,(H,14,17)(H,15,18). The quantitative estimate of drug-likeness (QED) is 0.568. The monoisotopic (exact) mass is 285 g/mol. The Bertz CT molecular complexity index is 440. The molecule has 0 atom stereocenters. The molecular formula is C12H16ClN3O3. The second-order valence-corrected chi connectivity index (χ2v) is 4.08. The van der Waals surface area contributed by atoms with Crippen LogP contribution in [0.4, 0.5) is 0 Å². The zero-order valence-electron chi connectivity index (χ0n) is 10.6. The molecule has 0 aliphatic rings. The Morgan fingerprint density at radius 2 is 2.11 bits per heavy atom. The Morgan fingerprint density at radius 1 is 1.32 bits per heavy atom. The molecule has 0 aromatic carbocycles. The molecule has 1 rings (SSSR count). The number of pyridine rings is 1. The van der Waals surface area contributed by atoms with Crippen molar-refractivity contribution in [1.82, 2.24) is 15.6 Å². The number of carbonyl (C=O) groups excluding carboxylic acids is 2. The van der Waals surface area contributed by atoms with Gasteiger partial charge in [0.2, 0.25) is 5.91 Å². The highest BCUT2D eigenvalue weighted by atomic mass is 35.5. The van der Waals surface area contributed by atoms with Crippen LogP contribution < -0.4 is 10.6 Å². The van der Waals surface area contributed by atoms with Crippen LogP contribution >= 0.6 is 11.6 Å². The number of methoxy groups -OCH3 is 1. The fraction of sp³-hybridized carbons (Fsp3) is 0.417. The zero-order chi connectivity index (χ0) is 14.1. The summed E-state index contributed by atoms with van der Waals surface area (Å²) in [7, 11) is 1.56. The topological polar surface area (TPSA) is 80.3 Å². The second-order valence-electron chi connectivity index (χ2n) is 3.69. The Morgan fingerprint density at radius 3 is 2.79 bits per heavy atom. The molecule has 2 amide bonds. The van der Waals surface area contributed by atoms with Gasteiger partial charge in [0.25, 0.3) is 5.91 Å². The maximum Gasteiger partial charge on any atom is 0.269 e. The van der Waals surface area contributed by atoms with Crippen molar-refractivity contribution < 1.29 is 14.3 Å². The number of hydrogen-bond acceptors (Lipinski definition) is 4. The number of rotatable bonds is 7. The van der Waals surface area contributed by atoms with Gasteiger partial charge in [0.05, 0.1) is 6.61 Å². The molecule has 0 aliphatic heterocycles. The maximum absolute atomic E-state index is 11.7. The van der Waals surface area contributed by atoms with Crippen LogP contribution in [-0.4, -0.2) is 43.6 Å². The summed E-state index contributed by atoms with van der Waals surface area (Å²) in [5, 5.41) is 5.50. The van der Waals surface area contributed by atoms with Gasteiger partial charge in [-0.3, -0.25) is 9.59 Å². The minimum atomic E-state index is -0.354. The molecule has 2 N–H and O–H groups in total. The third kappa shape index (κ3) is 6.17. The molecule has 0 unspecified atom stereocenters. The highest BCUT2D eigenvalue weighted by Gasteiger charge is 2.08. The summed E-state index contributed by atoms with van der Waals surface area (Å²) in [6.07, 6.45) is 0.204. The van der Waals surface area contributed by atoms with Gasteiger partial charge in [0.15, 0.2) is 0 Å². The Balaban J connectivity index is 2.25. The van der Waals surface area contributed by atoms with E-state index in [2.05, 4.69) is 15.6 Å². The molecule has 0 bridgehead atoms. The van der Waals surface area contributed by atoms with Gasteiger partial charge in [-0.05, 0) is 12.1 Å². The number of aromatic nitrogens is 1. The van der Waals surface area contributed by atoms with E-state index in [0.717, 1.165) is 0 Å². The summed E-state index contributed by atoms with van der Waals surface area (Å²) in [5.74, 6) is -0.497. The van der Waals surface area contributed by atoms with Crippen LogP contribution in [-0.2, 0) is 9.53 Å². The van der Waals surface area contributed by atoms with Crippen molar-refractivity contribution in [3.05, 3.63) is 29.0 Å². The van der Waals surface area contributed by atoms with Crippen LogP contribution in [0.1, 0.15) is 16.9 Å². The third-order valence-electron chi connectivity index (χ3n) is 2.21. The summed E-state index contributed by atoms with van der Waals surface area (Å²) < 4.78 is 4.80. The van der Waals surface area contributed by atoms with Crippen molar-refractivity contribution in [2.24, 2.45) is 0 Å². The molecule has 0 radical (unpaired) electrons. The van der Waals surface area contributed by atoms with E-state index >= 15 is 0 Å². The van der Waals surface area contributed by atoms with E-state index in [-0.39, 0.29) is 35.6 Å². The SMILES string of the molecule is COCCNC(=O)CCNC(=O)c1cccc(Cl)n1. The zero-order valence-corrected chi connectivity index (χ0v) is 11.4. The predicted molar refractivity (Wildman–Crippen MR) is 71.1 cm³/mol. The summed E-state index contributed by atoms with van der Waals surface area (Å²) in [5.41, 5.74) is 0.229. The third-order valence-corrected chi connectivity index (χ3v) is 2.42. The van der Waals surface area contributed by atoms with E-state index in [9.17, 15) is 9.59 Å². The van der Waals surface area contributed by atoms with Gasteiger partial charge in [-0.15, -0.1) is 0 Å². The van der Waals surface area contributed by atoms with Crippen LogP contribution in [0.5, 0.6) is 0 Å². The minimum Gasteiger partial charge on any atom is -0.383 e. The van der Waals surface area contributed by atoms with Crippen molar-refractivity contribution in [3.63, 3.8) is 0 Å². The first-order valence-electron chi connectivity index (χ1n) is 5.80. The van der Waals surface area contributed by atoms with Crippen LogP contribution in [0.25, 0.3) is 0 Å². The van der Waals surface area contributed by atoms with E-state index in [1.165, 1.54) is 0 Å². The predicted octanol–water partition coefficient (Wildman–Crippen LogP) is 0.618. The van der Waals surface area contributed by atoms with Crippen LogP contribution in [0.2, 0.25) is 5.15 Å². The molecule has 0 fully saturated rings. The van der Waals surface area contributed by atoms with Gasteiger partial charge in [-0.25, -0.2) is 4.98 Å². The molecule has 0 aliphatic carbocycles. The number of carbonyl (C=O) groups is 2. The smallest absolute Gasteiger partial charge is 0.269 e. The van der Waals surface area contributed by atoms with Gasteiger partial charge in [0.1, 0.15) is 10.8 Å². The average molecular weight is 286 g/mol. The molecule has 1 aromatic rings. The lowest BCUT2D eigenvalue weighted by atomic mass is 10.3. The Hall–Kier alpha value is -1.66. The van der Waals surface area contributed by atoms with Gasteiger partial charge in [-0.1, -0.05) is 17.7 Å². The lowest BCUT2D eigenvalue weighted by Crippen LogP contribution is -2.32. The molecule has 0 saturated carbocycles. The largest absolute Gasteiger partial charge is 0.383 e. The lowest BCUT2D eigenvalue weighted by molar-refractivity contribution is -0.121. The normalized spacial score (nSPS) is 10.0. The number of amides is 2. The van der Waals surface area contributed by atoms with E-state index < -0.39 is 0 Å². The van der Waals surface area contributed by atoms with E-state index in [0.29, 0.717) is 13.2 Å². The van der Waals surface area contributed by atoms with E-state index in [4.69, 9.17) is 16.3 Å². The van der Waals surface area contributed by atoms with E-state index in [1.807, 2.05) is 0 Å². The number of nitrogens with zero attached hydrogens (tertiary/aromatic N) is 1. The highest BCUT2D eigenvalue weighted by Crippen LogP contribution is 2.04. The van der Waals surface area contributed by atoms with Crippen LogP contribution in [0, 0.1) is 0 Å².